The van der Waals surface area contributed by atoms with E-state index >= 15 is 0 Å². The fourth-order valence-corrected chi connectivity index (χ4v) is 7.44. The summed E-state index contributed by atoms with van der Waals surface area (Å²) in [4.78, 5) is 22.8. The van der Waals surface area contributed by atoms with Gasteiger partial charge >= 0.3 is 7.82 Å². The Morgan fingerprint density at radius 2 is 0.966 bits per heavy atom. The van der Waals surface area contributed by atoms with E-state index in [9.17, 15) is 19.4 Å². The number of carbonyl (C=O) groups excluding carboxylic acids is 1. The third-order valence-corrected chi connectivity index (χ3v) is 11.3. The van der Waals surface area contributed by atoms with Crippen molar-refractivity contribution in [1.82, 2.24) is 5.32 Å². The summed E-state index contributed by atoms with van der Waals surface area (Å²) in [6.45, 7) is 4.10. The lowest BCUT2D eigenvalue weighted by molar-refractivity contribution is -0.123. The predicted octanol–water partition coefficient (Wildman–Crippen LogP) is 13.8. The van der Waals surface area contributed by atoms with Crippen LogP contribution in [0.5, 0.6) is 0 Å². The number of allylic oxidation sites excluding steroid dienone is 9. The zero-order valence-electron chi connectivity index (χ0n) is 37.5. The van der Waals surface area contributed by atoms with Crippen LogP contribution in [0.3, 0.4) is 0 Å². The summed E-state index contributed by atoms with van der Waals surface area (Å²) in [6.07, 6.45) is 57.0. The number of nitrogens with one attached hydrogen (secondary N) is 1. The lowest BCUT2D eigenvalue weighted by Crippen LogP contribution is -2.45. The van der Waals surface area contributed by atoms with E-state index in [2.05, 4.69) is 67.8 Å². The van der Waals surface area contributed by atoms with Crippen LogP contribution in [0.1, 0.15) is 213 Å². The van der Waals surface area contributed by atoms with Crippen LogP contribution >= 0.6 is 7.82 Å². The van der Waals surface area contributed by atoms with Gasteiger partial charge in [0, 0.05) is 13.0 Å². The molecule has 8 nitrogen and oxygen atoms in total. The average molecular weight is 835 g/mol. The zero-order chi connectivity index (χ0) is 42.5. The van der Waals surface area contributed by atoms with Crippen LogP contribution in [0.15, 0.2) is 60.8 Å². The van der Waals surface area contributed by atoms with E-state index in [1.165, 1.54) is 128 Å². The highest BCUT2D eigenvalue weighted by Crippen LogP contribution is 2.43. The second-order valence-corrected chi connectivity index (χ2v) is 17.4. The maximum Gasteiger partial charge on any atom is 0.472 e. The minimum Gasteiger partial charge on any atom is -0.387 e. The number of carbonyl (C=O) groups is 1. The molecule has 0 aromatic carbocycles. The molecule has 0 saturated carbocycles. The first-order valence-electron chi connectivity index (χ1n) is 23.9. The van der Waals surface area contributed by atoms with Crippen molar-refractivity contribution in [1.29, 1.82) is 0 Å². The van der Waals surface area contributed by atoms with E-state index in [1.54, 1.807) is 6.08 Å². The van der Waals surface area contributed by atoms with E-state index in [0.717, 1.165) is 64.2 Å². The molecule has 338 valence electrons. The Hall–Kier alpha value is -1.80. The molecule has 0 aliphatic carbocycles. The van der Waals surface area contributed by atoms with Gasteiger partial charge in [0.1, 0.15) is 0 Å². The van der Waals surface area contributed by atoms with Gasteiger partial charge in [-0.3, -0.25) is 13.8 Å². The first-order valence-corrected chi connectivity index (χ1v) is 25.4. The molecule has 0 rings (SSSR count). The van der Waals surface area contributed by atoms with Crippen LogP contribution in [-0.4, -0.2) is 47.8 Å². The van der Waals surface area contributed by atoms with Gasteiger partial charge in [0.25, 0.3) is 0 Å². The minimum atomic E-state index is -4.36. The highest BCUT2D eigenvalue weighted by atomic mass is 31.2. The van der Waals surface area contributed by atoms with Crippen LogP contribution in [0.2, 0.25) is 0 Å². The predicted molar refractivity (Wildman–Crippen MR) is 249 cm³/mol. The highest BCUT2D eigenvalue weighted by Gasteiger charge is 2.26. The van der Waals surface area contributed by atoms with Crippen molar-refractivity contribution < 1.29 is 28.4 Å². The Kier molecular flexibility index (Phi) is 43.4. The number of rotatable bonds is 44. The number of phosphoric acid groups is 1. The summed E-state index contributed by atoms with van der Waals surface area (Å²) >= 11 is 0. The number of aliphatic hydroxyl groups excluding tert-OH is 1. The molecule has 0 bridgehead atoms. The third-order valence-electron chi connectivity index (χ3n) is 10.3. The number of amides is 1. The molecular formula is C49H91N2O6P. The maximum absolute atomic E-state index is 12.8. The van der Waals surface area contributed by atoms with E-state index in [1.807, 2.05) is 6.08 Å². The van der Waals surface area contributed by atoms with Crippen molar-refractivity contribution in [3.8, 4) is 0 Å². The Bertz CT molecular complexity index is 1090. The fourth-order valence-electron chi connectivity index (χ4n) is 6.68. The molecule has 0 fully saturated rings. The van der Waals surface area contributed by atoms with Gasteiger partial charge in [-0.1, -0.05) is 197 Å². The lowest BCUT2D eigenvalue weighted by atomic mass is 10.0. The Balaban J connectivity index is 4.24. The van der Waals surface area contributed by atoms with Crippen molar-refractivity contribution in [2.45, 2.75) is 225 Å². The number of unbranched alkanes of at least 4 members (excludes halogenated alkanes) is 24. The van der Waals surface area contributed by atoms with E-state index in [-0.39, 0.29) is 25.7 Å². The summed E-state index contributed by atoms with van der Waals surface area (Å²) in [5.74, 6) is -0.217. The van der Waals surface area contributed by atoms with Crippen LogP contribution in [0.25, 0.3) is 0 Å². The van der Waals surface area contributed by atoms with Crippen molar-refractivity contribution in [3.05, 3.63) is 60.8 Å². The molecule has 0 aromatic rings. The summed E-state index contributed by atoms with van der Waals surface area (Å²) in [5.41, 5.74) is 5.38. The molecule has 3 atom stereocenters. The van der Waals surface area contributed by atoms with Gasteiger partial charge in [-0.2, -0.15) is 0 Å². The van der Waals surface area contributed by atoms with Gasteiger partial charge in [-0.15, -0.1) is 0 Å². The van der Waals surface area contributed by atoms with E-state index < -0.39 is 20.0 Å². The van der Waals surface area contributed by atoms with Crippen molar-refractivity contribution in [2.24, 2.45) is 5.73 Å². The summed E-state index contributed by atoms with van der Waals surface area (Å²) in [6, 6.07) is -0.887. The molecule has 58 heavy (non-hydrogen) atoms. The maximum atomic E-state index is 12.8. The largest absolute Gasteiger partial charge is 0.472 e. The summed E-state index contributed by atoms with van der Waals surface area (Å²) in [7, 11) is -4.36. The van der Waals surface area contributed by atoms with Crippen molar-refractivity contribution in [2.75, 3.05) is 19.8 Å². The third kappa shape index (κ3) is 42.3. The number of hydrogen-bond acceptors (Lipinski definition) is 6. The van der Waals surface area contributed by atoms with Gasteiger partial charge < -0.3 is 21.1 Å². The standard InChI is InChI=1S/C49H91N2O6P/c1-3-5-7-9-11-13-15-17-19-21-23-24-25-27-29-31-33-35-37-39-41-43-49(53)51-47(46-57-58(54,55)56-45-44-50)48(52)42-40-38-36-34-32-30-28-26-22-20-18-16-14-12-10-8-6-4-2/h15,17,21,23,25,27,32,34,40,42,47-48,52H,3-14,16,18-20,22,24,26,28-31,33,35-39,41,43-46,50H2,1-2H3,(H,51,53)(H,54,55)/b17-15-,23-21-,27-25-,34-32+,42-40+. The molecule has 0 spiro atoms. The van der Waals surface area contributed by atoms with Crippen LogP contribution in [0, 0.1) is 0 Å². The second kappa shape index (κ2) is 44.7. The number of aliphatic hydroxyl groups is 1. The molecule has 0 aliphatic rings. The quantitative estimate of drug-likeness (QED) is 0.0273. The Labute approximate surface area is 357 Å². The van der Waals surface area contributed by atoms with Gasteiger partial charge in [0.2, 0.25) is 5.91 Å². The van der Waals surface area contributed by atoms with E-state index in [0.29, 0.717) is 6.42 Å². The average Bonchev–Trinajstić information content (AvgIpc) is 3.21. The number of phosphoric ester groups is 1. The number of hydrogen-bond donors (Lipinski definition) is 4. The van der Waals surface area contributed by atoms with Gasteiger partial charge in [-0.05, 0) is 70.6 Å². The van der Waals surface area contributed by atoms with Gasteiger partial charge in [0.05, 0.1) is 25.4 Å². The van der Waals surface area contributed by atoms with Crippen molar-refractivity contribution >= 4 is 13.7 Å². The van der Waals surface area contributed by atoms with Crippen LogP contribution < -0.4 is 11.1 Å². The van der Waals surface area contributed by atoms with Gasteiger partial charge in [0.15, 0.2) is 0 Å². The monoisotopic (exact) mass is 835 g/mol. The Morgan fingerprint density at radius 3 is 1.45 bits per heavy atom. The Morgan fingerprint density at radius 1 is 0.569 bits per heavy atom. The molecule has 3 unspecified atom stereocenters. The zero-order valence-corrected chi connectivity index (χ0v) is 38.4. The normalized spacial score (nSPS) is 14.5. The number of nitrogens with two attached hydrogens (primary N) is 1. The van der Waals surface area contributed by atoms with Crippen LogP contribution in [0.4, 0.5) is 0 Å². The van der Waals surface area contributed by atoms with E-state index in [4.69, 9.17) is 14.8 Å². The minimum absolute atomic E-state index is 0.0694. The molecule has 0 aliphatic heterocycles. The second-order valence-electron chi connectivity index (χ2n) is 16.0. The fraction of sp³-hybridized carbons (Fsp3) is 0.776. The molecule has 0 saturated heterocycles. The molecule has 0 heterocycles. The molecule has 1 amide bonds. The molecule has 0 radical (unpaired) electrons. The smallest absolute Gasteiger partial charge is 0.387 e. The lowest BCUT2D eigenvalue weighted by Gasteiger charge is -2.23. The van der Waals surface area contributed by atoms with Gasteiger partial charge in [-0.25, -0.2) is 4.57 Å². The first-order chi connectivity index (χ1) is 28.4. The first kappa shape index (κ1) is 56.2. The molecule has 0 aromatic heterocycles. The van der Waals surface area contributed by atoms with Crippen LogP contribution in [-0.2, 0) is 18.4 Å². The SMILES string of the molecule is CCCCCCC/C=C\C/C=C\C/C=C\CCCCCCCCC(=O)NC(COP(=O)(O)OCCN)C(O)/C=C/CC/C=C/CCCCCCCCCCCCCC. The molecule has 9 heteroatoms. The van der Waals surface area contributed by atoms with Crippen molar-refractivity contribution in [3.63, 3.8) is 0 Å². The highest BCUT2D eigenvalue weighted by molar-refractivity contribution is 7.47. The summed E-state index contributed by atoms with van der Waals surface area (Å²) < 4.78 is 22.2. The molecular weight excluding hydrogens is 744 g/mol. The topological polar surface area (TPSA) is 131 Å². The summed E-state index contributed by atoms with van der Waals surface area (Å²) in [5, 5.41) is 13.7. The molecule has 5 N–H and O–H groups in total.